The quantitative estimate of drug-likeness (QED) is 0.0879. The molecule has 212 valence electrons. The summed E-state index contributed by atoms with van der Waals surface area (Å²) in [4.78, 5) is 18.3. The van der Waals surface area contributed by atoms with Crippen LogP contribution in [0.1, 0.15) is 49.7 Å². The number of nitrogens with one attached hydrogen (secondary N) is 2. The second-order valence-corrected chi connectivity index (χ2v) is 10.2. The molecule has 4 rings (SSSR count). The SMILES string of the molecule is C#C.C1CCOC1.N=Cc1cc(SN(CC(O)C(Cc2ccccc2)NC(=O)O)OC2CCCC2)ccc1N. The fourth-order valence-corrected chi connectivity index (χ4v) is 5.15. The van der Waals surface area contributed by atoms with Gasteiger partial charge in [-0.2, -0.15) is 0 Å². The Labute approximate surface area is 235 Å². The second-order valence-electron chi connectivity index (χ2n) is 9.19. The Balaban J connectivity index is 0.000000671. The van der Waals surface area contributed by atoms with Crippen molar-refractivity contribution < 1.29 is 24.6 Å². The number of nitrogens with zero attached hydrogens (tertiary/aromatic N) is 1. The average Bonchev–Trinajstić information content (AvgIpc) is 3.68. The van der Waals surface area contributed by atoms with Gasteiger partial charge < -0.3 is 31.4 Å². The molecule has 10 heteroatoms. The molecule has 2 atom stereocenters. The van der Waals surface area contributed by atoms with Crippen molar-refractivity contribution in [3.05, 3.63) is 59.7 Å². The largest absolute Gasteiger partial charge is 0.465 e. The number of carbonyl (C=O) groups is 1. The highest BCUT2D eigenvalue weighted by molar-refractivity contribution is 7.96. The number of anilines is 1. The lowest BCUT2D eigenvalue weighted by molar-refractivity contribution is -0.137. The van der Waals surface area contributed by atoms with Crippen LogP contribution in [0.2, 0.25) is 0 Å². The highest BCUT2D eigenvalue weighted by Crippen LogP contribution is 2.30. The van der Waals surface area contributed by atoms with Gasteiger partial charge >= 0.3 is 6.09 Å². The lowest BCUT2D eigenvalue weighted by Gasteiger charge is -2.30. The zero-order valence-corrected chi connectivity index (χ0v) is 23.0. The van der Waals surface area contributed by atoms with E-state index in [1.54, 1.807) is 16.6 Å². The number of terminal acetylenes is 1. The van der Waals surface area contributed by atoms with Crippen LogP contribution >= 0.6 is 11.9 Å². The van der Waals surface area contributed by atoms with Gasteiger partial charge in [-0.15, -0.1) is 17.3 Å². The van der Waals surface area contributed by atoms with Crippen molar-refractivity contribution in [2.45, 2.75) is 68.1 Å². The van der Waals surface area contributed by atoms with Crippen LogP contribution < -0.4 is 11.1 Å². The third-order valence-electron chi connectivity index (χ3n) is 6.23. The minimum atomic E-state index is -1.19. The molecule has 1 heterocycles. The first kappa shape index (κ1) is 32.1. The maximum atomic E-state index is 11.4. The molecule has 1 saturated heterocycles. The van der Waals surface area contributed by atoms with E-state index in [1.807, 2.05) is 36.4 Å². The number of hydrogen-bond donors (Lipinski definition) is 5. The number of hydrogen-bond acceptors (Lipinski definition) is 8. The molecule has 1 amide bonds. The van der Waals surface area contributed by atoms with Gasteiger partial charge in [0.1, 0.15) is 0 Å². The molecule has 1 aliphatic carbocycles. The van der Waals surface area contributed by atoms with Crippen molar-refractivity contribution in [1.29, 1.82) is 5.41 Å². The zero-order chi connectivity index (χ0) is 28.5. The van der Waals surface area contributed by atoms with Crippen molar-refractivity contribution in [1.82, 2.24) is 9.79 Å². The van der Waals surface area contributed by atoms with Crippen LogP contribution in [0, 0.1) is 18.3 Å². The van der Waals surface area contributed by atoms with E-state index in [1.165, 1.54) is 31.0 Å². The van der Waals surface area contributed by atoms with Gasteiger partial charge in [-0.1, -0.05) is 43.2 Å². The van der Waals surface area contributed by atoms with Gasteiger partial charge in [0, 0.05) is 35.6 Å². The summed E-state index contributed by atoms with van der Waals surface area (Å²) in [6.07, 6.45) is 14.1. The van der Waals surface area contributed by atoms with Crippen LogP contribution in [0.15, 0.2) is 53.4 Å². The lowest BCUT2D eigenvalue weighted by atomic mass is 10.0. The predicted molar refractivity (Wildman–Crippen MR) is 156 cm³/mol. The van der Waals surface area contributed by atoms with Gasteiger partial charge in [-0.3, -0.25) is 4.84 Å². The third-order valence-corrected chi connectivity index (χ3v) is 7.13. The van der Waals surface area contributed by atoms with E-state index >= 15 is 0 Å². The highest BCUT2D eigenvalue weighted by Gasteiger charge is 2.27. The number of aliphatic hydroxyl groups excluding tert-OH is 1. The van der Waals surface area contributed by atoms with Gasteiger partial charge in [0.05, 0.1) is 24.8 Å². The van der Waals surface area contributed by atoms with Gasteiger partial charge in [0.15, 0.2) is 0 Å². The van der Waals surface area contributed by atoms with Gasteiger partial charge in [0.25, 0.3) is 0 Å². The third kappa shape index (κ3) is 12.1. The summed E-state index contributed by atoms with van der Waals surface area (Å²) < 4.78 is 6.57. The van der Waals surface area contributed by atoms with Crippen LogP contribution in [0.5, 0.6) is 0 Å². The molecular weight excluding hydrogens is 516 g/mol. The minimum absolute atomic E-state index is 0.0608. The van der Waals surface area contributed by atoms with E-state index in [9.17, 15) is 15.0 Å². The Kier molecular flexibility index (Phi) is 15.0. The Morgan fingerprint density at radius 3 is 2.41 bits per heavy atom. The Bertz CT molecular complexity index is 1010. The molecule has 6 N–H and O–H groups in total. The van der Waals surface area contributed by atoms with Crippen molar-refractivity contribution >= 4 is 29.9 Å². The van der Waals surface area contributed by atoms with Crippen LogP contribution in [0.4, 0.5) is 10.5 Å². The fraction of sp³-hybridized carbons (Fsp3) is 0.448. The number of aliphatic hydroxyl groups is 1. The molecule has 9 nitrogen and oxygen atoms in total. The number of benzene rings is 2. The maximum absolute atomic E-state index is 11.4. The molecule has 0 bridgehead atoms. The molecule has 0 spiro atoms. The number of amides is 1. The highest BCUT2D eigenvalue weighted by atomic mass is 32.2. The van der Waals surface area contributed by atoms with E-state index in [0.717, 1.165) is 49.4 Å². The number of carboxylic acid groups (broad SMARTS) is 1. The summed E-state index contributed by atoms with van der Waals surface area (Å²) >= 11 is 1.30. The molecule has 39 heavy (non-hydrogen) atoms. The lowest BCUT2D eigenvalue weighted by Crippen LogP contribution is -2.48. The molecule has 2 unspecified atom stereocenters. The Morgan fingerprint density at radius 1 is 1.18 bits per heavy atom. The monoisotopic (exact) mass is 556 g/mol. The Hall–Kier alpha value is -3.07. The van der Waals surface area contributed by atoms with Crippen molar-refractivity contribution in [2.75, 3.05) is 25.5 Å². The van der Waals surface area contributed by atoms with E-state index in [0.29, 0.717) is 17.7 Å². The minimum Gasteiger partial charge on any atom is -0.465 e. The molecule has 1 saturated carbocycles. The average molecular weight is 557 g/mol. The smallest absolute Gasteiger partial charge is 0.404 e. The number of rotatable bonds is 11. The summed E-state index contributed by atoms with van der Waals surface area (Å²) in [6.45, 7) is 2.10. The van der Waals surface area contributed by atoms with E-state index in [4.69, 9.17) is 20.7 Å². The van der Waals surface area contributed by atoms with Crippen molar-refractivity contribution in [2.24, 2.45) is 0 Å². The summed E-state index contributed by atoms with van der Waals surface area (Å²) in [6, 6.07) is 14.1. The number of ether oxygens (including phenoxy) is 1. The van der Waals surface area contributed by atoms with E-state index in [-0.39, 0.29) is 12.6 Å². The molecule has 0 aromatic heterocycles. The molecule has 1 aliphatic heterocycles. The predicted octanol–water partition coefficient (Wildman–Crippen LogP) is 4.74. The fourth-order valence-electron chi connectivity index (χ4n) is 4.21. The maximum Gasteiger partial charge on any atom is 0.404 e. The summed E-state index contributed by atoms with van der Waals surface area (Å²) in [5.41, 5.74) is 7.94. The molecule has 2 fully saturated rings. The second kappa shape index (κ2) is 18.3. The Morgan fingerprint density at radius 2 is 1.85 bits per heavy atom. The van der Waals surface area contributed by atoms with Crippen LogP contribution in [0.3, 0.4) is 0 Å². The van der Waals surface area contributed by atoms with Crippen molar-refractivity contribution in [3.8, 4) is 12.8 Å². The molecule has 2 aromatic carbocycles. The van der Waals surface area contributed by atoms with E-state index in [2.05, 4.69) is 18.2 Å². The van der Waals surface area contributed by atoms with Gasteiger partial charge in [-0.05, 0) is 67.8 Å². The molecular formula is C29H40N4O5S. The topological polar surface area (TPSA) is 141 Å². The first-order chi connectivity index (χ1) is 18.9. The molecule has 0 radical (unpaired) electrons. The molecule has 2 aliphatic rings. The van der Waals surface area contributed by atoms with Crippen LogP contribution in [-0.4, -0.2) is 65.0 Å². The standard InChI is InChI=1S/C23H30N4O4S.C4H8O.C2H2/c24-14-17-13-19(10-11-20(17)25)32-27(31-18-8-4-5-9-18)15-22(28)21(26-23(29)30)12-16-6-2-1-3-7-16;1-2-4-5-3-1;1-2/h1-3,6-7,10-11,13-14,18,21-22,24,26,28H,4-5,8-9,12,15,25H2,(H,29,30);1-4H2;1-2H. The summed E-state index contributed by atoms with van der Waals surface area (Å²) in [7, 11) is 0. The normalized spacial score (nSPS) is 16.3. The first-order valence-corrected chi connectivity index (χ1v) is 13.9. The molecule has 2 aromatic rings. The van der Waals surface area contributed by atoms with Gasteiger partial charge in [0.2, 0.25) is 0 Å². The number of hydroxylamine groups is 1. The zero-order valence-electron chi connectivity index (χ0n) is 22.2. The van der Waals surface area contributed by atoms with Gasteiger partial charge in [-0.25, -0.2) is 4.79 Å². The summed E-state index contributed by atoms with van der Waals surface area (Å²) in [5.74, 6) is 0. The van der Waals surface area contributed by atoms with Crippen LogP contribution in [-0.2, 0) is 16.0 Å². The van der Waals surface area contributed by atoms with Crippen LogP contribution in [0.25, 0.3) is 0 Å². The number of nitrogens with two attached hydrogens (primary N) is 1. The first-order valence-electron chi connectivity index (χ1n) is 13.1. The van der Waals surface area contributed by atoms with Crippen molar-refractivity contribution in [3.63, 3.8) is 0 Å². The summed E-state index contributed by atoms with van der Waals surface area (Å²) in [5, 5.41) is 30.2. The van der Waals surface area contributed by atoms with E-state index < -0.39 is 18.2 Å². The number of nitrogen functional groups attached to an aromatic ring is 1.